The molecule has 0 aromatic carbocycles. The van der Waals surface area contributed by atoms with Gasteiger partial charge in [0, 0.05) is 19.0 Å². The highest BCUT2D eigenvalue weighted by atomic mass is 32.1. The maximum atomic E-state index is 12.1. The molecule has 1 aromatic heterocycles. The van der Waals surface area contributed by atoms with Crippen LogP contribution < -0.4 is 0 Å². The van der Waals surface area contributed by atoms with Gasteiger partial charge in [0.25, 0.3) is 5.91 Å². The molecule has 1 amide bonds. The molecule has 1 N–H and O–H groups in total. The first kappa shape index (κ1) is 14.6. The second-order valence-electron chi connectivity index (χ2n) is 5.07. The van der Waals surface area contributed by atoms with Crippen molar-refractivity contribution in [2.45, 2.75) is 32.6 Å². The number of carboxylic acid groups (broad SMARTS) is 1. The van der Waals surface area contributed by atoms with Gasteiger partial charge in [0.05, 0.1) is 12.1 Å². The Bertz CT molecular complexity index is 451. The fraction of sp³-hybridized carbons (Fsp3) is 0.636. The quantitative estimate of drug-likeness (QED) is 0.894. The number of rotatable bonds is 4. The van der Waals surface area contributed by atoms with E-state index in [1.165, 1.54) is 4.90 Å². The lowest BCUT2D eigenvalue weighted by molar-refractivity contribution is -0.137. The summed E-state index contributed by atoms with van der Waals surface area (Å²) >= 11 is 1.05. The maximum absolute atomic E-state index is 12.1. The molecule has 100 valence electrons. The second kappa shape index (κ2) is 5.43. The Labute approximate surface area is 110 Å². The summed E-state index contributed by atoms with van der Waals surface area (Å²) in [5.74, 6) is -1.15. The molecule has 7 heteroatoms. The monoisotopic (exact) mass is 271 g/mol. The average Bonchev–Trinajstić information content (AvgIpc) is 2.72. The van der Waals surface area contributed by atoms with Gasteiger partial charge in [-0.05, 0) is 11.5 Å². The van der Waals surface area contributed by atoms with Crippen LogP contribution in [0.1, 0.15) is 42.6 Å². The summed E-state index contributed by atoms with van der Waals surface area (Å²) in [7, 11) is 1.58. The first-order chi connectivity index (χ1) is 8.23. The largest absolute Gasteiger partial charge is 0.481 e. The van der Waals surface area contributed by atoms with Crippen LogP contribution >= 0.6 is 11.5 Å². The molecule has 0 saturated heterocycles. The third kappa shape index (κ3) is 3.49. The van der Waals surface area contributed by atoms with E-state index in [1.807, 2.05) is 20.8 Å². The lowest BCUT2D eigenvalue weighted by atomic mass is 9.91. The van der Waals surface area contributed by atoms with Crippen molar-refractivity contribution >= 4 is 23.4 Å². The number of aliphatic carboxylic acids is 1. The summed E-state index contributed by atoms with van der Waals surface area (Å²) in [6.45, 7) is 6.04. The molecule has 1 rings (SSSR count). The fourth-order valence-corrected chi connectivity index (χ4v) is 2.23. The van der Waals surface area contributed by atoms with Gasteiger partial charge in [0.2, 0.25) is 0 Å². The third-order valence-electron chi connectivity index (χ3n) is 2.40. The number of carboxylic acids is 1. The van der Waals surface area contributed by atoms with Gasteiger partial charge in [0.1, 0.15) is 4.88 Å². The van der Waals surface area contributed by atoms with Crippen LogP contribution in [0.5, 0.6) is 0 Å². The van der Waals surface area contributed by atoms with E-state index >= 15 is 0 Å². The smallest absolute Gasteiger partial charge is 0.305 e. The lowest BCUT2D eigenvalue weighted by Crippen LogP contribution is -2.30. The molecule has 0 atom stereocenters. The van der Waals surface area contributed by atoms with E-state index in [9.17, 15) is 9.59 Å². The highest BCUT2D eigenvalue weighted by molar-refractivity contribution is 7.08. The summed E-state index contributed by atoms with van der Waals surface area (Å²) < 4.78 is 3.82. The van der Waals surface area contributed by atoms with Gasteiger partial charge in [-0.2, -0.15) is 0 Å². The van der Waals surface area contributed by atoms with Crippen molar-refractivity contribution < 1.29 is 14.7 Å². The van der Waals surface area contributed by atoms with Crippen LogP contribution in [0, 0.1) is 0 Å². The van der Waals surface area contributed by atoms with Gasteiger partial charge < -0.3 is 10.0 Å². The van der Waals surface area contributed by atoms with Crippen LogP contribution in [-0.4, -0.2) is 45.1 Å². The lowest BCUT2D eigenvalue weighted by Gasteiger charge is -2.19. The second-order valence-corrected chi connectivity index (χ2v) is 5.83. The SMILES string of the molecule is CN(CCC(=O)O)C(=O)c1snnc1C(C)(C)C. The fourth-order valence-electron chi connectivity index (χ4n) is 1.36. The van der Waals surface area contributed by atoms with E-state index in [1.54, 1.807) is 7.05 Å². The van der Waals surface area contributed by atoms with E-state index in [-0.39, 0.29) is 24.3 Å². The van der Waals surface area contributed by atoms with Crippen LogP contribution in [0.25, 0.3) is 0 Å². The number of carbonyl (C=O) groups excluding carboxylic acids is 1. The van der Waals surface area contributed by atoms with Crippen molar-refractivity contribution in [1.29, 1.82) is 0 Å². The minimum Gasteiger partial charge on any atom is -0.481 e. The molecule has 0 fully saturated rings. The number of amides is 1. The highest BCUT2D eigenvalue weighted by Gasteiger charge is 2.27. The van der Waals surface area contributed by atoms with E-state index in [0.717, 1.165) is 11.5 Å². The van der Waals surface area contributed by atoms with E-state index < -0.39 is 5.97 Å². The van der Waals surface area contributed by atoms with Crippen LogP contribution in [0.3, 0.4) is 0 Å². The summed E-state index contributed by atoms with van der Waals surface area (Å²) in [5, 5.41) is 12.6. The van der Waals surface area contributed by atoms with Crippen molar-refractivity contribution in [2.75, 3.05) is 13.6 Å². The zero-order valence-corrected chi connectivity index (χ0v) is 11.7. The highest BCUT2D eigenvalue weighted by Crippen LogP contribution is 2.26. The molecule has 0 spiro atoms. The van der Waals surface area contributed by atoms with E-state index in [2.05, 4.69) is 9.59 Å². The number of carbonyl (C=O) groups is 2. The molecular weight excluding hydrogens is 254 g/mol. The maximum Gasteiger partial charge on any atom is 0.305 e. The minimum atomic E-state index is -0.923. The average molecular weight is 271 g/mol. The Morgan fingerprint density at radius 2 is 2.00 bits per heavy atom. The molecule has 0 saturated carbocycles. The van der Waals surface area contributed by atoms with Gasteiger partial charge in [-0.15, -0.1) is 5.10 Å². The number of hydrogen-bond donors (Lipinski definition) is 1. The Kier molecular flexibility index (Phi) is 4.39. The molecule has 1 aromatic rings. The van der Waals surface area contributed by atoms with Crippen molar-refractivity contribution in [1.82, 2.24) is 14.5 Å². The molecule has 6 nitrogen and oxygen atoms in total. The standard InChI is InChI=1S/C11H17N3O3S/c1-11(2,3)9-8(18-13-12-9)10(17)14(4)6-5-7(15)16/h5-6H2,1-4H3,(H,15,16). The Morgan fingerprint density at radius 3 is 2.50 bits per heavy atom. The molecule has 0 aliphatic rings. The Balaban J connectivity index is 2.85. The van der Waals surface area contributed by atoms with Gasteiger partial charge in [-0.25, -0.2) is 0 Å². The van der Waals surface area contributed by atoms with E-state index in [4.69, 9.17) is 5.11 Å². The predicted molar refractivity (Wildman–Crippen MR) is 67.8 cm³/mol. The minimum absolute atomic E-state index is 0.0701. The normalized spacial score (nSPS) is 11.3. The van der Waals surface area contributed by atoms with Gasteiger partial charge in [-0.3, -0.25) is 9.59 Å². The first-order valence-electron chi connectivity index (χ1n) is 5.53. The summed E-state index contributed by atoms with van der Waals surface area (Å²) in [6.07, 6.45) is -0.0701. The molecule has 18 heavy (non-hydrogen) atoms. The van der Waals surface area contributed by atoms with Gasteiger partial charge in [-0.1, -0.05) is 25.3 Å². The summed E-state index contributed by atoms with van der Waals surface area (Å²) in [6, 6.07) is 0. The number of hydrogen-bond acceptors (Lipinski definition) is 5. The van der Waals surface area contributed by atoms with Crippen molar-refractivity contribution in [3.63, 3.8) is 0 Å². The van der Waals surface area contributed by atoms with Crippen LogP contribution in [0.2, 0.25) is 0 Å². The molecule has 0 bridgehead atoms. The molecule has 0 radical (unpaired) electrons. The zero-order chi connectivity index (χ0) is 13.9. The van der Waals surface area contributed by atoms with Crippen molar-refractivity contribution in [2.24, 2.45) is 0 Å². The van der Waals surface area contributed by atoms with Crippen molar-refractivity contribution in [3.05, 3.63) is 10.6 Å². The molecule has 1 heterocycles. The van der Waals surface area contributed by atoms with Gasteiger partial charge in [0.15, 0.2) is 0 Å². The van der Waals surface area contributed by atoms with Crippen molar-refractivity contribution in [3.8, 4) is 0 Å². The Hall–Kier alpha value is -1.50. The number of aromatic nitrogens is 2. The van der Waals surface area contributed by atoms with Crippen LogP contribution in [-0.2, 0) is 10.2 Å². The molecular formula is C11H17N3O3S. The molecule has 0 unspecified atom stereocenters. The van der Waals surface area contributed by atoms with Crippen LogP contribution in [0.15, 0.2) is 0 Å². The van der Waals surface area contributed by atoms with Crippen LogP contribution in [0.4, 0.5) is 0 Å². The van der Waals surface area contributed by atoms with Gasteiger partial charge >= 0.3 is 5.97 Å². The predicted octanol–water partition coefficient (Wildman–Crippen LogP) is 1.38. The molecule has 0 aliphatic carbocycles. The first-order valence-corrected chi connectivity index (χ1v) is 6.31. The Morgan fingerprint density at radius 1 is 1.39 bits per heavy atom. The third-order valence-corrected chi connectivity index (χ3v) is 3.11. The zero-order valence-electron chi connectivity index (χ0n) is 10.9. The summed E-state index contributed by atoms with van der Waals surface area (Å²) in [5.41, 5.74) is 0.394. The number of nitrogens with zero attached hydrogens (tertiary/aromatic N) is 3. The topological polar surface area (TPSA) is 83.4 Å². The summed E-state index contributed by atoms with van der Waals surface area (Å²) in [4.78, 5) is 24.5. The molecule has 0 aliphatic heterocycles. The van der Waals surface area contributed by atoms with E-state index in [0.29, 0.717) is 10.6 Å².